The van der Waals surface area contributed by atoms with Gasteiger partial charge >= 0.3 is 0 Å². The predicted octanol–water partition coefficient (Wildman–Crippen LogP) is 3.70. The number of nitrogens with one attached hydrogen (secondary N) is 1. The van der Waals surface area contributed by atoms with E-state index in [9.17, 15) is 14.0 Å². The summed E-state index contributed by atoms with van der Waals surface area (Å²) in [6.45, 7) is 1.99. The molecule has 0 saturated carbocycles. The van der Waals surface area contributed by atoms with Crippen molar-refractivity contribution in [2.45, 2.75) is 19.3 Å². The van der Waals surface area contributed by atoms with E-state index in [1.165, 1.54) is 23.5 Å². The van der Waals surface area contributed by atoms with Crippen LogP contribution in [0.3, 0.4) is 0 Å². The molecule has 6 heteroatoms. The number of nitrogens with zero attached hydrogens (tertiary/aromatic N) is 1. The number of rotatable bonds is 6. The molecule has 2 aromatic rings. The monoisotopic (exact) mass is 372 g/mol. The minimum atomic E-state index is -0.259. The van der Waals surface area contributed by atoms with Gasteiger partial charge in [0.25, 0.3) is 0 Å². The molecular formula is C20H21FN2O2S. The van der Waals surface area contributed by atoms with Crippen LogP contribution in [0.1, 0.15) is 24.1 Å². The molecule has 0 atom stereocenters. The minimum Gasteiger partial charge on any atom is -0.352 e. The Morgan fingerprint density at radius 2 is 1.92 bits per heavy atom. The summed E-state index contributed by atoms with van der Waals surface area (Å²) in [5, 5.41) is 2.73. The first-order chi connectivity index (χ1) is 12.6. The van der Waals surface area contributed by atoms with Crippen molar-refractivity contribution in [1.29, 1.82) is 0 Å². The van der Waals surface area contributed by atoms with Gasteiger partial charge in [0.1, 0.15) is 5.82 Å². The smallest absolute Gasteiger partial charge is 0.244 e. The number of carbonyl (C=O) groups is 2. The SMILES string of the molecule is O=C(/C=C/c1ccc(-c2ccccc2F)s1)NCCC(=O)N1CCCC1. The minimum absolute atomic E-state index is 0.0968. The van der Waals surface area contributed by atoms with Gasteiger partial charge in [-0.1, -0.05) is 18.2 Å². The van der Waals surface area contributed by atoms with Gasteiger partial charge in [0.2, 0.25) is 11.8 Å². The van der Waals surface area contributed by atoms with Crippen LogP contribution in [0.5, 0.6) is 0 Å². The Hall–Kier alpha value is -2.47. The third-order valence-corrected chi connectivity index (χ3v) is 5.35. The van der Waals surface area contributed by atoms with Crippen molar-refractivity contribution in [2.24, 2.45) is 0 Å². The quantitative estimate of drug-likeness (QED) is 0.786. The Labute approximate surface area is 156 Å². The van der Waals surface area contributed by atoms with Crippen molar-refractivity contribution in [3.05, 3.63) is 53.2 Å². The number of benzene rings is 1. The Bertz CT molecular complexity index is 810. The third-order valence-electron chi connectivity index (χ3n) is 4.26. The highest BCUT2D eigenvalue weighted by atomic mass is 32.1. The summed E-state index contributed by atoms with van der Waals surface area (Å²) in [5.74, 6) is -0.398. The maximum Gasteiger partial charge on any atom is 0.244 e. The topological polar surface area (TPSA) is 49.4 Å². The zero-order valence-electron chi connectivity index (χ0n) is 14.4. The summed E-state index contributed by atoms with van der Waals surface area (Å²) < 4.78 is 13.8. The first-order valence-electron chi connectivity index (χ1n) is 8.72. The standard InChI is InChI=1S/C20H21FN2O2S/c21-17-6-2-1-5-16(17)18-9-7-15(26-18)8-10-19(24)22-12-11-20(25)23-13-3-4-14-23/h1-2,5-10H,3-4,11-14H2,(H,22,24)/b10-8+. The highest BCUT2D eigenvalue weighted by molar-refractivity contribution is 7.16. The maximum atomic E-state index is 13.8. The molecule has 2 amide bonds. The molecule has 1 N–H and O–H groups in total. The molecule has 3 rings (SSSR count). The predicted molar refractivity (Wildman–Crippen MR) is 102 cm³/mol. The molecule has 2 heterocycles. The van der Waals surface area contributed by atoms with E-state index >= 15 is 0 Å². The van der Waals surface area contributed by atoms with Crippen LogP contribution in [-0.2, 0) is 9.59 Å². The first-order valence-corrected chi connectivity index (χ1v) is 9.53. The molecule has 1 aromatic heterocycles. The molecule has 0 bridgehead atoms. The molecule has 1 aliphatic heterocycles. The molecule has 4 nitrogen and oxygen atoms in total. The number of hydrogen-bond acceptors (Lipinski definition) is 3. The average molecular weight is 372 g/mol. The molecule has 0 aliphatic carbocycles. The van der Waals surface area contributed by atoms with Crippen LogP contribution in [0.15, 0.2) is 42.5 Å². The fourth-order valence-electron chi connectivity index (χ4n) is 2.88. The lowest BCUT2D eigenvalue weighted by atomic mass is 10.2. The van der Waals surface area contributed by atoms with Crippen molar-refractivity contribution in [3.63, 3.8) is 0 Å². The summed E-state index contributed by atoms with van der Waals surface area (Å²) in [4.78, 5) is 27.3. The second-order valence-electron chi connectivity index (χ2n) is 6.14. The highest BCUT2D eigenvalue weighted by Gasteiger charge is 2.17. The Morgan fingerprint density at radius 3 is 2.69 bits per heavy atom. The molecule has 1 aliphatic rings. The van der Waals surface area contributed by atoms with Crippen molar-refractivity contribution in [1.82, 2.24) is 10.2 Å². The summed E-state index contributed by atoms with van der Waals surface area (Å²) in [6, 6.07) is 10.3. The van der Waals surface area contributed by atoms with E-state index in [0.29, 0.717) is 18.5 Å². The van der Waals surface area contributed by atoms with Gasteiger partial charge in [0.15, 0.2) is 0 Å². The van der Waals surface area contributed by atoms with E-state index in [1.54, 1.807) is 24.3 Å². The summed E-state index contributed by atoms with van der Waals surface area (Å²) in [5.41, 5.74) is 0.557. The molecule has 1 saturated heterocycles. The van der Waals surface area contributed by atoms with Crippen LogP contribution in [-0.4, -0.2) is 36.3 Å². The maximum absolute atomic E-state index is 13.8. The molecular weight excluding hydrogens is 351 g/mol. The largest absolute Gasteiger partial charge is 0.352 e. The van der Waals surface area contributed by atoms with Crippen LogP contribution < -0.4 is 5.32 Å². The van der Waals surface area contributed by atoms with Crippen LogP contribution in [0.2, 0.25) is 0 Å². The average Bonchev–Trinajstić information content (AvgIpc) is 3.32. The zero-order valence-corrected chi connectivity index (χ0v) is 15.2. The van der Waals surface area contributed by atoms with Gasteiger partial charge in [0, 0.05) is 47.4 Å². The summed E-state index contributed by atoms with van der Waals surface area (Å²) in [6.07, 6.45) is 5.60. The lowest BCUT2D eigenvalue weighted by Gasteiger charge is -2.14. The normalized spacial score (nSPS) is 14.1. The van der Waals surface area contributed by atoms with Gasteiger partial charge in [-0.2, -0.15) is 0 Å². The summed E-state index contributed by atoms with van der Waals surface area (Å²) in [7, 11) is 0. The number of hydrogen-bond donors (Lipinski definition) is 1. The highest BCUT2D eigenvalue weighted by Crippen LogP contribution is 2.30. The molecule has 136 valence electrons. The zero-order chi connectivity index (χ0) is 18.4. The van der Waals surface area contributed by atoms with E-state index < -0.39 is 0 Å². The molecule has 1 fully saturated rings. The molecule has 1 aromatic carbocycles. The molecule has 26 heavy (non-hydrogen) atoms. The second-order valence-corrected chi connectivity index (χ2v) is 7.26. The van der Waals surface area contributed by atoms with E-state index in [0.717, 1.165) is 35.7 Å². The van der Waals surface area contributed by atoms with Crippen LogP contribution in [0.4, 0.5) is 4.39 Å². The fraction of sp³-hybridized carbons (Fsp3) is 0.300. The molecule has 0 spiro atoms. The Balaban J connectivity index is 1.48. The van der Waals surface area contributed by atoms with E-state index in [1.807, 2.05) is 17.0 Å². The van der Waals surface area contributed by atoms with Gasteiger partial charge < -0.3 is 10.2 Å². The van der Waals surface area contributed by atoms with Gasteiger partial charge in [-0.15, -0.1) is 11.3 Å². The van der Waals surface area contributed by atoms with Gasteiger partial charge in [-0.25, -0.2) is 4.39 Å². The van der Waals surface area contributed by atoms with Crippen molar-refractivity contribution in [2.75, 3.05) is 19.6 Å². The van der Waals surface area contributed by atoms with Gasteiger partial charge in [-0.05, 0) is 37.1 Å². The number of halogens is 1. The fourth-order valence-corrected chi connectivity index (χ4v) is 3.82. The van der Waals surface area contributed by atoms with E-state index in [-0.39, 0.29) is 17.6 Å². The lowest BCUT2D eigenvalue weighted by molar-refractivity contribution is -0.130. The van der Waals surface area contributed by atoms with E-state index in [4.69, 9.17) is 0 Å². The number of thiophene rings is 1. The van der Waals surface area contributed by atoms with E-state index in [2.05, 4.69) is 5.32 Å². The number of carbonyl (C=O) groups excluding carboxylic acids is 2. The van der Waals surface area contributed by atoms with Crippen LogP contribution in [0, 0.1) is 5.82 Å². The Kier molecular flexibility index (Phi) is 6.17. The molecule has 0 unspecified atom stereocenters. The van der Waals surface area contributed by atoms with Crippen LogP contribution in [0.25, 0.3) is 16.5 Å². The summed E-state index contributed by atoms with van der Waals surface area (Å²) >= 11 is 1.42. The lowest BCUT2D eigenvalue weighted by Crippen LogP contribution is -2.32. The molecule has 0 radical (unpaired) electrons. The van der Waals surface area contributed by atoms with Gasteiger partial charge in [-0.3, -0.25) is 9.59 Å². The number of likely N-dealkylation sites (tertiary alicyclic amines) is 1. The van der Waals surface area contributed by atoms with Crippen molar-refractivity contribution in [3.8, 4) is 10.4 Å². The first kappa shape index (κ1) is 18.3. The van der Waals surface area contributed by atoms with Crippen molar-refractivity contribution >= 4 is 29.2 Å². The van der Waals surface area contributed by atoms with Crippen LogP contribution >= 0.6 is 11.3 Å². The second kappa shape index (κ2) is 8.76. The van der Waals surface area contributed by atoms with Crippen molar-refractivity contribution < 1.29 is 14.0 Å². The Morgan fingerprint density at radius 1 is 1.15 bits per heavy atom. The number of amides is 2. The third kappa shape index (κ3) is 4.79. The van der Waals surface area contributed by atoms with Gasteiger partial charge in [0.05, 0.1) is 0 Å².